The van der Waals surface area contributed by atoms with Crippen LogP contribution >= 0.6 is 15.9 Å². The third kappa shape index (κ3) is 4.49. The molecule has 0 spiro atoms. The quantitative estimate of drug-likeness (QED) is 0.674. The van der Waals surface area contributed by atoms with Crippen LogP contribution in [0.15, 0.2) is 41.3 Å². The van der Waals surface area contributed by atoms with Crippen LogP contribution in [-0.2, 0) is 24.4 Å². The molecule has 122 valence electrons. The van der Waals surface area contributed by atoms with E-state index in [2.05, 4.69) is 22.0 Å². The van der Waals surface area contributed by atoms with Gasteiger partial charge in [-0.2, -0.15) is 5.26 Å². The summed E-state index contributed by atoms with van der Waals surface area (Å²) in [6.07, 6.45) is 3.46. The van der Waals surface area contributed by atoms with Crippen molar-refractivity contribution in [2.24, 2.45) is 0 Å². The fourth-order valence-electron chi connectivity index (χ4n) is 2.49. The molecule has 0 fully saturated rings. The third-order valence-corrected chi connectivity index (χ3v) is 4.21. The topological polar surface area (TPSA) is 68.6 Å². The Labute approximate surface area is 144 Å². The van der Waals surface area contributed by atoms with Gasteiger partial charge in [-0.25, -0.2) is 0 Å². The predicted molar refractivity (Wildman–Crippen MR) is 87.0 cm³/mol. The highest BCUT2D eigenvalue weighted by Crippen LogP contribution is 2.35. The Morgan fingerprint density at radius 1 is 1.35 bits per heavy atom. The van der Waals surface area contributed by atoms with Gasteiger partial charge in [0.15, 0.2) is 0 Å². The van der Waals surface area contributed by atoms with Crippen molar-refractivity contribution in [1.82, 2.24) is 0 Å². The molecule has 5 nitrogen and oxygen atoms in total. The summed E-state index contributed by atoms with van der Waals surface area (Å²) in [6.45, 7) is 2.04. The van der Waals surface area contributed by atoms with E-state index in [0.717, 1.165) is 10.0 Å². The Balaban J connectivity index is 2.21. The summed E-state index contributed by atoms with van der Waals surface area (Å²) < 4.78 is 16.5. The standard InChI is InChI=1S/C17H18BrNO4/c1-2-21-15(20)11-17(12-19,8-7-16-22-9-10-23-16)13-3-5-14(18)6-4-13/h3-6,9-10,16H,2,7-8,11H2,1H3. The minimum absolute atomic E-state index is 0.000872. The zero-order valence-corrected chi connectivity index (χ0v) is 14.4. The normalized spacial score (nSPS) is 16.0. The zero-order chi connectivity index (χ0) is 16.7. The first kappa shape index (κ1) is 17.4. The van der Waals surface area contributed by atoms with Crippen molar-refractivity contribution in [1.29, 1.82) is 5.26 Å². The van der Waals surface area contributed by atoms with Crippen LogP contribution in [0.2, 0.25) is 0 Å². The fourth-order valence-corrected chi connectivity index (χ4v) is 2.76. The Morgan fingerprint density at radius 3 is 2.57 bits per heavy atom. The molecule has 0 aliphatic carbocycles. The molecule has 1 aliphatic rings. The van der Waals surface area contributed by atoms with E-state index in [1.807, 2.05) is 24.3 Å². The van der Waals surface area contributed by atoms with Crippen molar-refractivity contribution >= 4 is 21.9 Å². The highest BCUT2D eigenvalue weighted by Gasteiger charge is 2.37. The Hall–Kier alpha value is -2.00. The maximum Gasteiger partial charge on any atom is 0.307 e. The van der Waals surface area contributed by atoms with Crippen molar-refractivity contribution in [3.05, 3.63) is 46.8 Å². The van der Waals surface area contributed by atoms with Gasteiger partial charge in [0.25, 0.3) is 0 Å². The summed E-state index contributed by atoms with van der Waals surface area (Å²) in [5.41, 5.74) is -0.190. The predicted octanol–water partition coefficient (Wildman–Crippen LogP) is 3.79. The van der Waals surface area contributed by atoms with Crippen molar-refractivity contribution < 1.29 is 19.0 Å². The molecule has 0 N–H and O–H groups in total. The molecule has 0 aromatic heterocycles. The maximum absolute atomic E-state index is 12.0. The number of ether oxygens (including phenoxy) is 3. The average Bonchev–Trinajstić information content (AvgIpc) is 3.06. The molecule has 0 bridgehead atoms. The fraction of sp³-hybridized carbons (Fsp3) is 0.412. The van der Waals surface area contributed by atoms with E-state index in [0.29, 0.717) is 19.4 Å². The van der Waals surface area contributed by atoms with Crippen LogP contribution in [-0.4, -0.2) is 18.9 Å². The lowest BCUT2D eigenvalue weighted by molar-refractivity contribution is -0.144. The van der Waals surface area contributed by atoms with Crippen molar-refractivity contribution in [3.63, 3.8) is 0 Å². The van der Waals surface area contributed by atoms with Crippen LogP contribution in [0.25, 0.3) is 0 Å². The van der Waals surface area contributed by atoms with Crippen LogP contribution < -0.4 is 0 Å². The van der Waals surface area contributed by atoms with Gasteiger partial charge in [-0.1, -0.05) is 28.1 Å². The molecule has 23 heavy (non-hydrogen) atoms. The first-order valence-electron chi connectivity index (χ1n) is 7.38. The molecule has 1 atom stereocenters. The number of hydrogen-bond acceptors (Lipinski definition) is 5. The van der Waals surface area contributed by atoms with Gasteiger partial charge in [0, 0.05) is 10.9 Å². The number of carbonyl (C=O) groups is 1. The van der Waals surface area contributed by atoms with E-state index in [9.17, 15) is 10.1 Å². The van der Waals surface area contributed by atoms with Gasteiger partial charge in [-0.3, -0.25) is 4.79 Å². The average molecular weight is 380 g/mol. The van der Waals surface area contributed by atoms with E-state index in [1.165, 1.54) is 12.5 Å². The molecule has 1 heterocycles. The van der Waals surface area contributed by atoms with Crippen molar-refractivity contribution in [2.75, 3.05) is 6.61 Å². The molecule has 1 aromatic rings. The molecular weight excluding hydrogens is 362 g/mol. The van der Waals surface area contributed by atoms with Gasteiger partial charge in [0.1, 0.15) is 12.5 Å². The Kier molecular flexibility index (Phi) is 6.05. The smallest absolute Gasteiger partial charge is 0.307 e. The van der Waals surface area contributed by atoms with Crippen LogP contribution in [0.1, 0.15) is 31.7 Å². The number of nitrogens with zero attached hydrogens (tertiary/aromatic N) is 1. The molecule has 1 unspecified atom stereocenters. The van der Waals surface area contributed by atoms with Crippen LogP contribution in [0.5, 0.6) is 0 Å². The molecule has 0 amide bonds. The molecule has 1 aromatic carbocycles. The van der Waals surface area contributed by atoms with Crippen LogP contribution in [0, 0.1) is 11.3 Å². The minimum atomic E-state index is -0.970. The number of benzene rings is 1. The number of carbonyl (C=O) groups excluding carboxylic acids is 1. The molecule has 0 radical (unpaired) electrons. The van der Waals surface area contributed by atoms with E-state index >= 15 is 0 Å². The van der Waals surface area contributed by atoms with E-state index in [4.69, 9.17) is 14.2 Å². The first-order chi connectivity index (χ1) is 11.1. The summed E-state index contributed by atoms with van der Waals surface area (Å²) in [5, 5.41) is 9.82. The summed E-state index contributed by atoms with van der Waals surface area (Å²) in [7, 11) is 0. The summed E-state index contributed by atoms with van der Waals surface area (Å²) >= 11 is 3.38. The lowest BCUT2D eigenvalue weighted by Crippen LogP contribution is -2.30. The van der Waals surface area contributed by atoms with Gasteiger partial charge < -0.3 is 14.2 Å². The molecule has 6 heteroatoms. The molecule has 0 saturated heterocycles. The summed E-state index contributed by atoms with van der Waals surface area (Å²) in [4.78, 5) is 12.0. The van der Waals surface area contributed by atoms with Gasteiger partial charge in [-0.15, -0.1) is 0 Å². The molecular formula is C17H18BrNO4. The monoisotopic (exact) mass is 379 g/mol. The lowest BCUT2D eigenvalue weighted by Gasteiger charge is -2.27. The van der Waals surface area contributed by atoms with Crippen LogP contribution in [0.4, 0.5) is 0 Å². The van der Waals surface area contributed by atoms with Gasteiger partial charge in [-0.05, 0) is 31.0 Å². The molecule has 2 rings (SSSR count). The van der Waals surface area contributed by atoms with Crippen LogP contribution in [0.3, 0.4) is 0 Å². The van der Waals surface area contributed by atoms with Gasteiger partial charge in [0.2, 0.25) is 6.29 Å². The second-order valence-corrected chi connectivity index (χ2v) is 6.11. The number of halogens is 1. The van der Waals surface area contributed by atoms with Crippen molar-refractivity contribution in [3.8, 4) is 6.07 Å². The summed E-state index contributed by atoms with van der Waals surface area (Å²) in [5.74, 6) is -0.386. The highest BCUT2D eigenvalue weighted by molar-refractivity contribution is 9.10. The third-order valence-electron chi connectivity index (χ3n) is 3.69. The second kappa shape index (κ2) is 8.02. The highest BCUT2D eigenvalue weighted by atomic mass is 79.9. The summed E-state index contributed by atoms with van der Waals surface area (Å²) in [6, 6.07) is 9.73. The second-order valence-electron chi connectivity index (χ2n) is 5.20. The number of hydrogen-bond donors (Lipinski definition) is 0. The number of esters is 1. The van der Waals surface area contributed by atoms with E-state index in [-0.39, 0.29) is 12.4 Å². The maximum atomic E-state index is 12.0. The Morgan fingerprint density at radius 2 is 2.00 bits per heavy atom. The minimum Gasteiger partial charge on any atom is -0.466 e. The largest absolute Gasteiger partial charge is 0.466 e. The van der Waals surface area contributed by atoms with Crippen molar-refractivity contribution in [2.45, 2.75) is 37.9 Å². The molecule has 1 aliphatic heterocycles. The Bertz CT molecular complexity index is 600. The zero-order valence-electron chi connectivity index (χ0n) is 12.8. The van der Waals surface area contributed by atoms with Gasteiger partial charge >= 0.3 is 5.97 Å². The SMILES string of the molecule is CCOC(=O)CC(C#N)(CCC1OC=CO1)c1ccc(Br)cc1. The van der Waals surface area contributed by atoms with E-state index < -0.39 is 11.7 Å². The first-order valence-corrected chi connectivity index (χ1v) is 8.18. The van der Waals surface area contributed by atoms with Gasteiger partial charge in [0.05, 0.1) is 24.5 Å². The van der Waals surface area contributed by atoms with E-state index in [1.54, 1.807) is 6.92 Å². The number of nitriles is 1. The lowest BCUT2D eigenvalue weighted by atomic mass is 9.75. The molecule has 0 saturated carbocycles. The number of rotatable bonds is 7.